The summed E-state index contributed by atoms with van der Waals surface area (Å²) in [6, 6.07) is 8.03. The van der Waals surface area contributed by atoms with Crippen molar-refractivity contribution in [2.24, 2.45) is 0 Å². The largest absolute Gasteiger partial charge is 0.337 e. The second-order valence-corrected chi connectivity index (χ2v) is 4.89. The molecule has 4 heteroatoms. The lowest BCUT2D eigenvalue weighted by Crippen LogP contribution is -2.36. The molecular weight excluding hydrogens is 226 g/mol. The third-order valence-corrected chi connectivity index (χ3v) is 2.97. The molecule has 0 saturated carbocycles. The zero-order chi connectivity index (χ0) is 13.2. The van der Waals surface area contributed by atoms with Gasteiger partial charge in [0.1, 0.15) is 0 Å². The van der Waals surface area contributed by atoms with Crippen LogP contribution >= 0.6 is 0 Å². The van der Waals surface area contributed by atoms with E-state index in [2.05, 4.69) is 22.4 Å². The molecule has 0 unspecified atom stereocenters. The third-order valence-electron chi connectivity index (χ3n) is 2.97. The molecule has 2 aromatic rings. The van der Waals surface area contributed by atoms with Gasteiger partial charge >= 0.3 is 0 Å². The van der Waals surface area contributed by atoms with E-state index in [-0.39, 0.29) is 5.54 Å². The maximum absolute atomic E-state index is 5.37. The average molecular weight is 245 g/mol. The normalized spacial score (nSPS) is 11.8. The van der Waals surface area contributed by atoms with Crippen molar-refractivity contribution in [3.63, 3.8) is 0 Å². The van der Waals surface area contributed by atoms with Gasteiger partial charge in [-0.3, -0.25) is 0 Å². The molecule has 18 heavy (non-hydrogen) atoms. The van der Waals surface area contributed by atoms with Crippen molar-refractivity contribution in [2.75, 3.05) is 6.54 Å². The second kappa shape index (κ2) is 4.90. The maximum Gasteiger partial charge on any atom is 0.246 e. The maximum atomic E-state index is 5.37. The van der Waals surface area contributed by atoms with Crippen LogP contribution in [-0.4, -0.2) is 16.7 Å². The summed E-state index contributed by atoms with van der Waals surface area (Å²) in [6.45, 7) is 9.02. The number of aromatic nitrogens is 2. The highest BCUT2D eigenvalue weighted by molar-refractivity contribution is 5.59. The number of nitrogens with zero attached hydrogens (tertiary/aromatic N) is 2. The summed E-state index contributed by atoms with van der Waals surface area (Å²) in [5, 5.41) is 7.39. The molecule has 1 N–H and O–H groups in total. The van der Waals surface area contributed by atoms with Gasteiger partial charge < -0.3 is 9.84 Å². The Morgan fingerprint density at radius 3 is 2.67 bits per heavy atom. The van der Waals surface area contributed by atoms with E-state index in [0.29, 0.717) is 11.7 Å². The van der Waals surface area contributed by atoms with Crippen LogP contribution in [0.15, 0.2) is 28.8 Å². The van der Waals surface area contributed by atoms with E-state index in [1.807, 2.05) is 45.0 Å². The van der Waals surface area contributed by atoms with Gasteiger partial charge in [-0.1, -0.05) is 36.3 Å². The number of hydrogen-bond acceptors (Lipinski definition) is 4. The smallest absolute Gasteiger partial charge is 0.246 e. The molecule has 0 bridgehead atoms. The van der Waals surface area contributed by atoms with E-state index in [4.69, 9.17) is 4.52 Å². The van der Waals surface area contributed by atoms with Gasteiger partial charge in [-0.05, 0) is 32.9 Å². The summed E-state index contributed by atoms with van der Waals surface area (Å²) in [6.07, 6.45) is 0. The van der Waals surface area contributed by atoms with Crippen LogP contribution in [0, 0.1) is 6.92 Å². The lowest BCUT2D eigenvalue weighted by Gasteiger charge is -2.20. The van der Waals surface area contributed by atoms with Gasteiger partial charge in [-0.25, -0.2) is 0 Å². The van der Waals surface area contributed by atoms with Gasteiger partial charge in [-0.15, -0.1) is 0 Å². The van der Waals surface area contributed by atoms with Gasteiger partial charge in [-0.2, -0.15) is 4.98 Å². The Hall–Kier alpha value is -1.68. The first-order valence-electron chi connectivity index (χ1n) is 6.20. The standard InChI is InChI=1S/C14H19N3O/c1-5-15-14(3,4)13-16-12(17-18-13)11-9-7-6-8-10(11)2/h6-9,15H,5H2,1-4H3. The molecule has 0 fully saturated rings. The van der Waals surface area contributed by atoms with E-state index >= 15 is 0 Å². The molecule has 0 amide bonds. The average Bonchev–Trinajstić information content (AvgIpc) is 2.79. The molecule has 0 saturated heterocycles. The van der Waals surface area contributed by atoms with Crippen LogP contribution in [0.3, 0.4) is 0 Å². The minimum Gasteiger partial charge on any atom is -0.337 e. The summed E-state index contributed by atoms with van der Waals surface area (Å²) >= 11 is 0. The van der Waals surface area contributed by atoms with Gasteiger partial charge in [0.15, 0.2) is 0 Å². The van der Waals surface area contributed by atoms with Crippen molar-refractivity contribution in [3.8, 4) is 11.4 Å². The third kappa shape index (κ3) is 2.43. The fraction of sp³-hybridized carbons (Fsp3) is 0.429. The zero-order valence-electron chi connectivity index (χ0n) is 11.3. The van der Waals surface area contributed by atoms with Crippen LogP contribution in [-0.2, 0) is 5.54 Å². The molecule has 0 radical (unpaired) electrons. The van der Waals surface area contributed by atoms with Gasteiger partial charge in [0.05, 0.1) is 5.54 Å². The number of aryl methyl sites for hydroxylation is 1. The lowest BCUT2D eigenvalue weighted by molar-refractivity contribution is 0.272. The van der Waals surface area contributed by atoms with Crippen LogP contribution in [0.1, 0.15) is 32.2 Å². The first kappa shape index (κ1) is 12.8. The van der Waals surface area contributed by atoms with Crippen molar-refractivity contribution in [2.45, 2.75) is 33.2 Å². The Morgan fingerprint density at radius 1 is 1.28 bits per heavy atom. The fourth-order valence-corrected chi connectivity index (χ4v) is 1.93. The van der Waals surface area contributed by atoms with Gasteiger partial charge in [0.25, 0.3) is 0 Å². The molecule has 1 aromatic carbocycles. The quantitative estimate of drug-likeness (QED) is 0.899. The van der Waals surface area contributed by atoms with E-state index < -0.39 is 0 Å². The summed E-state index contributed by atoms with van der Waals surface area (Å²) in [5.41, 5.74) is 1.86. The molecule has 1 heterocycles. The number of hydrogen-bond donors (Lipinski definition) is 1. The highest BCUT2D eigenvalue weighted by Crippen LogP contribution is 2.24. The van der Waals surface area contributed by atoms with E-state index in [9.17, 15) is 0 Å². The fourth-order valence-electron chi connectivity index (χ4n) is 1.93. The van der Waals surface area contributed by atoms with Crippen LogP contribution in [0.25, 0.3) is 11.4 Å². The predicted molar refractivity (Wildman–Crippen MR) is 71.2 cm³/mol. The summed E-state index contributed by atoms with van der Waals surface area (Å²) in [4.78, 5) is 4.49. The Bertz CT molecular complexity index is 531. The van der Waals surface area contributed by atoms with Crippen molar-refractivity contribution >= 4 is 0 Å². The Morgan fingerprint density at radius 2 is 2.00 bits per heavy atom. The van der Waals surface area contributed by atoms with Crippen molar-refractivity contribution in [3.05, 3.63) is 35.7 Å². The molecule has 1 aromatic heterocycles. The first-order valence-corrected chi connectivity index (χ1v) is 6.20. The molecule has 0 aliphatic carbocycles. The minimum absolute atomic E-state index is 0.303. The Kier molecular flexibility index (Phi) is 3.48. The monoisotopic (exact) mass is 245 g/mol. The molecule has 96 valence electrons. The zero-order valence-corrected chi connectivity index (χ0v) is 11.3. The molecule has 2 rings (SSSR count). The number of nitrogens with one attached hydrogen (secondary N) is 1. The molecule has 0 aliphatic rings. The number of benzene rings is 1. The van der Waals surface area contributed by atoms with Crippen molar-refractivity contribution < 1.29 is 4.52 Å². The van der Waals surface area contributed by atoms with E-state index in [1.54, 1.807) is 0 Å². The molecule has 0 aliphatic heterocycles. The predicted octanol–water partition coefficient (Wildman–Crippen LogP) is 2.89. The van der Waals surface area contributed by atoms with Gasteiger partial charge in [0, 0.05) is 5.56 Å². The van der Waals surface area contributed by atoms with Crippen LogP contribution in [0.4, 0.5) is 0 Å². The Labute approximate surface area is 107 Å². The minimum atomic E-state index is -0.303. The number of rotatable bonds is 4. The van der Waals surface area contributed by atoms with Crippen molar-refractivity contribution in [1.82, 2.24) is 15.5 Å². The topological polar surface area (TPSA) is 51.0 Å². The van der Waals surface area contributed by atoms with Crippen LogP contribution < -0.4 is 5.32 Å². The van der Waals surface area contributed by atoms with Crippen LogP contribution in [0.2, 0.25) is 0 Å². The summed E-state index contributed by atoms with van der Waals surface area (Å²) in [7, 11) is 0. The summed E-state index contributed by atoms with van der Waals surface area (Å²) in [5.74, 6) is 1.26. The van der Waals surface area contributed by atoms with E-state index in [1.165, 1.54) is 0 Å². The summed E-state index contributed by atoms with van der Waals surface area (Å²) < 4.78 is 5.37. The van der Waals surface area contributed by atoms with E-state index in [0.717, 1.165) is 17.7 Å². The SMILES string of the molecule is CCNC(C)(C)c1nc(-c2ccccc2C)no1. The lowest BCUT2D eigenvalue weighted by atomic mass is 10.1. The van der Waals surface area contributed by atoms with Crippen LogP contribution in [0.5, 0.6) is 0 Å². The highest BCUT2D eigenvalue weighted by atomic mass is 16.5. The highest BCUT2D eigenvalue weighted by Gasteiger charge is 2.26. The molecule has 4 nitrogen and oxygen atoms in total. The Balaban J connectivity index is 2.34. The molecule has 0 atom stereocenters. The first-order chi connectivity index (χ1) is 8.54. The molecular formula is C14H19N3O. The van der Waals surface area contributed by atoms with Crippen molar-refractivity contribution in [1.29, 1.82) is 0 Å². The second-order valence-electron chi connectivity index (χ2n) is 4.89. The van der Waals surface area contributed by atoms with Gasteiger partial charge in [0.2, 0.25) is 11.7 Å². The molecule has 0 spiro atoms.